The first-order chi connectivity index (χ1) is 9.02. The van der Waals surface area contributed by atoms with Crippen molar-refractivity contribution in [3.8, 4) is 12.3 Å². The third-order valence-electron chi connectivity index (χ3n) is 3.09. The van der Waals surface area contributed by atoms with E-state index in [4.69, 9.17) is 11.2 Å². The summed E-state index contributed by atoms with van der Waals surface area (Å²) in [6, 6.07) is 0. The van der Waals surface area contributed by atoms with Crippen LogP contribution in [0.2, 0.25) is 0 Å². The van der Waals surface area contributed by atoms with E-state index >= 15 is 0 Å². The summed E-state index contributed by atoms with van der Waals surface area (Å²) in [5, 5.41) is 12.8. The van der Waals surface area contributed by atoms with Gasteiger partial charge in [-0.2, -0.15) is 0 Å². The molecule has 0 fully saturated rings. The molecule has 0 aliphatic heterocycles. The monoisotopic (exact) mass is 269 g/mol. The molecule has 1 atom stereocenters. The fourth-order valence-corrected chi connectivity index (χ4v) is 1.69. The van der Waals surface area contributed by atoms with Crippen LogP contribution in [0.3, 0.4) is 0 Å². The highest BCUT2D eigenvalue weighted by molar-refractivity contribution is 5.07. The molecule has 0 aromatic rings. The van der Waals surface area contributed by atoms with E-state index in [1.54, 1.807) is 0 Å². The van der Waals surface area contributed by atoms with Gasteiger partial charge in [0.25, 0.3) is 0 Å². The summed E-state index contributed by atoms with van der Waals surface area (Å²) in [5.74, 6) is 2.63. The van der Waals surface area contributed by atoms with Crippen LogP contribution in [-0.4, -0.2) is 36.5 Å². The SMILES string of the molecule is C#CC(C)(C)NCC(O)COCCCCCCCC. The van der Waals surface area contributed by atoms with Gasteiger partial charge in [-0.15, -0.1) is 6.42 Å². The van der Waals surface area contributed by atoms with Gasteiger partial charge in [0, 0.05) is 13.2 Å². The second-order valence-corrected chi connectivity index (χ2v) is 5.65. The van der Waals surface area contributed by atoms with E-state index in [0.29, 0.717) is 13.2 Å². The Balaban J connectivity index is 3.35. The molecule has 19 heavy (non-hydrogen) atoms. The van der Waals surface area contributed by atoms with Crippen LogP contribution in [0.25, 0.3) is 0 Å². The van der Waals surface area contributed by atoms with E-state index in [0.717, 1.165) is 13.0 Å². The minimum absolute atomic E-state index is 0.375. The lowest BCUT2D eigenvalue weighted by Gasteiger charge is -2.21. The van der Waals surface area contributed by atoms with E-state index in [-0.39, 0.29) is 5.54 Å². The molecule has 112 valence electrons. The van der Waals surface area contributed by atoms with Crippen molar-refractivity contribution >= 4 is 0 Å². The Morgan fingerprint density at radius 1 is 1.21 bits per heavy atom. The van der Waals surface area contributed by atoms with Crippen LogP contribution >= 0.6 is 0 Å². The van der Waals surface area contributed by atoms with Crippen molar-refractivity contribution in [1.29, 1.82) is 0 Å². The Hall–Kier alpha value is -0.560. The molecule has 3 heteroatoms. The zero-order valence-electron chi connectivity index (χ0n) is 12.9. The number of aliphatic hydroxyl groups is 1. The summed E-state index contributed by atoms with van der Waals surface area (Å²) in [4.78, 5) is 0. The van der Waals surface area contributed by atoms with Crippen LogP contribution in [0.1, 0.15) is 59.3 Å². The number of hydrogen-bond donors (Lipinski definition) is 2. The van der Waals surface area contributed by atoms with Gasteiger partial charge in [0.2, 0.25) is 0 Å². The van der Waals surface area contributed by atoms with Gasteiger partial charge in [-0.3, -0.25) is 5.32 Å². The smallest absolute Gasteiger partial charge is 0.0898 e. The molecule has 0 radical (unpaired) electrons. The highest BCUT2D eigenvalue weighted by atomic mass is 16.5. The molecule has 0 aromatic carbocycles. The lowest BCUT2D eigenvalue weighted by atomic mass is 10.1. The number of rotatable bonds is 12. The number of hydrogen-bond acceptors (Lipinski definition) is 3. The molecule has 0 aliphatic carbocycles. The van der Waals surface area contributed by atoms with Crippen LogP contribution in [0.4, 0.5) is 0 Å². The van der Waals surface area contributed by atoms with Gasteiger partial charge in [-0.05, 0) is 20.3 Å². The minimum atomic E-state index is -0.493. The van der Waals surface area contributed by atoms with E-state index < -0.39 is 6.10 Å². The van der Waals surface area contributed by atoms with Gasteiger partial charge in [-0.1, -0.05) is 44.9 Å². The molecule has 0 bridgehead atoms. The standard InChI is InChI=1S/C16H31NO2/c1-5-7-8-9-10-11-12-19-14-15(18)13-17-16(3,4)6-2/h2,15,17-18H,5,7-14H2,1,3-4H3. The van der Waals surface area contributed by atoms with Crippen molar-refractivity contribution in [1.82, 2.24) is 5.32 Å². The third kappa shape index (κ3) is 12.2. The zero-order valence-corrected chi connectivity index (χ0v) is 12.9. The van der Waals surface area contributed by atoms with Crippen molar-refractivity contribution in [3.05, 3.63) is 0 Å². The number of unbranched alkanes of at least 4 members (excludes halogenated alkanes) is 5. The van der Waals surface area contributed by atoms with Crippen molar-refractivity contribution in [2.45, 2.75) is 70.9 Å². The summed E-state index contributed by atoms with van der Waals surface area (Å²) < 4.78 is 5.46. The molecule has 1 unspecified atom stereocenters. The zero-order chi connectivity index (χ0) is 14.6. The fraction of sp³-hybridized carbons (Fsp3) is 0.875. The summed E-state index contributed by atoms with van der Waals surface area (Å²) in [6.45, 7) is 7.63. The average Bonchev–Trinajstić information content (AvgIpc) is 2.39. The van der Waals surface area contributed by atoms with Gasteiger partial charge in [0.05, 0.1) is 18.2 Å². The Kier molecular flexibility index (Phi) is 10.9. The van der Waals surface area contributed by atoms with E-state index in [2.05, 4.69) is 18.2 Å². The van der Waals surface area contributed by atoms with E-state index in [1.165, 1.54) is 32.1 Å². The maximum Gasteiger partial charge on any atom is 0.0898 e. The largest absolute Gasteiger partial charge is 0.389 e. The lowest BCUT2D eigenvalue weighted by Crippen LogP contribution is -2.43. The number of β-amino-alcohol motifs (C(OH)–C–C–N with tert-alkyl or cyclic N) is 1. The molecule has 0 aromatic heterocycles. The summed E-state index contributed by atoms with van der Waals surface area (Å²) in [5.41, 5.74) is -0.375. The molecule has 0 spiro atoms. The molecule has 0 amide bonds. The Morgan fingerprint density at radius 3 is 2.47 bits per heavy atom. The highest BCUT2D eigenvalue weighted by Crippen LogP contribution is 2.05. The molecule has 0 aliphatic rings. The van der Waals surface area contributed by atoms with Crippen LogP contribution in [0, 0.1) is 12.3 Å². The Bertz CT molecular complexity index is 246. The van der Waals surface area contributed by atoms with Crippen molar-refractivity contribution in [2.24, 2.45) is 0 Å². The van der Waals surface area contributed by atoms with E-state index in [1.807, 2.05) is 13.8 Å². The summed E-state index contributed by atoms with van der Waals surface area (Å²) >= 11 is 0. The second-order valence-electron chi connectivity index (χ2n) is 5.65. The predicted octanol–water partition coefficient (Wildman–Crippen LogP) is 2.73. The fourth-order valence-electron chi connectivity index (χ4n) is 1.69. The molecular formula is C16H31NO2. The van der Waals surface area contributed by atoms with Crippen molar-refractivity contribution in [2.75, 3.05) is 19.8 Å². The Morgan fingerprint density at radius 2 is 1.84 bits per heavy atom. The quantitative estimate of drug-likeness (QED) is 0.423. The average molecular weight is 269 g/mol. The lowest BCUT2D eigenvalue weighted by molar-refractivity contribution is 0.0334. The first kappa shape index (κ1) is 18.4. The first-order valence-electron chi connectivity index (χ1n) is 7.50. The maximum atomic E-state index is 9.72. The van der Waals surface area contributed by atoms with Gasteiger partial charge in [-0.25, -0.2) is 0 Å². The molecule has 0 rings (SSSR count). The molecule has 0 saturated carbocycles. The Labute approximate surface area is 119 Å². The summed E-state index contributed by atoms with van der Waals surface area (Å²) in [7, 11) is 0. The van der Waals surface area contributed by atoms with Gasteiger partial charge in [0.15, 0.2) is 0 Å². The van der Waals surface area contributed by atoms with Gasteiger partial charge in [0.1, 0.15) is 0 Å². The molecule has 0 saturated heterocycles. The number of terminal acetylenes is 1. The van der Waals surface area contributed by atoms with Crippen LogP contribution < -0.4 is 5.32 Å². The normalized spacial score (nSPS) is 13.2. The molecule has 2 N–H and O–H groups in total. The van der Waals surface area contributed by atoms with Gasteiger partial charge < -0.3 is 9.84 Å². The van der Waals surface area contributed by atoms with Crippen molar-refractivity contribution in [3.63, 3.8) is 0 Å². The third-order valence-corrected chi connectivity index (χ3v) is 3.09. The van der Waals surface area contributed by atoms with Crippen LogP contribution in [0.5, 0.6) is 0 Å². The van der Waals surface area contributed by atoms with Crippen molar-refractivity contribution < 1.29 is 9.84 Å². The van der Waals surface area contributed by atoms with Gasteiger partial charge >= 0.3 is 0 Å². The second kappa shape index (κ2) is 11.3. The van der Waals surface area contributed by atoms with E-state index in [9.17, 15) is 5.11 Å². The number of aliphatic hydroxyl groups excluding tert-OH is 1. The highest BCUT2D eigenvalue weighted by Gasteiger charge is 2.14. The van der Waals surface area contributed by atoms with Crippen LogP contribution in [0.15, 0.2) is 0 Å². The number of ether oxygens (including phenoxy) is 1. The molecule has 0 heterocycles. The first-order valence-corrected chi connectivity index (χ1v) is 7.50. The number of nitrogens with one attached hydrogen (secondary N) is 1. The van der Waals surface area contributed by atoms with Crippen LogP contribution in [-0.2, 0) is 4.74 Å². The summed E-state index contributed by atoms with van der Waals surface area (Å²) in [6.07, 6.45) is 12.4. The predicted molar refractivity (Wildman–Crippen MR) is 81.1 cm³/mol. The molecular weight excluding hydrogens is 238 g/mol. The minimum Gasteiger partial charge on any atom is -0.389 e. The maximum absolute atomic E-state index is 9.72. The molecule has 3 nitrogen and oxygen atoms in total. The topological polar surface area (TPSA) is 41.5 Å².